The predicted molar refractivity (Wildman–Crippen MR) is 203 cm³/mol. The van der Waals surface area contributed by atoms with E-state index in [2.05, 4.69) is 143 Å². The van der Waals surface area contributed by atoms with Crippen LogP contribution in [0, 0.1) is 0 Å². The molecule has 0 amide bonds. The first kappa shape index (κ1) is 28.6. The zero-order valence-electron chi connectivity index (χ0n) is 25.7. The van der Waals surface area contributed by atoms with E-state index in [1.54, 1.807) is 23.1 Å². The SMILES string of the molecule is C1=CSC(c2cccc(-c3c4ccccc4c(-c4cccc(-c5nccs5)n4)c4ccc(-c5ccccc5-c5ccccc5)cc34)n2)N1. The van der Waals surface area contributed by atoms with Crippen molar-refractivity contribution in [3.8, 4) is 55.5 Å². The van der Waals surface area contributed by atoms with E-state index in [4.69, 9.17) is 9.97 Å². The Labute approximate surface area is 286 Å². The molecule has 1 aliphatic heterocycles. The van der Waals surface area contributed by atoms with Gasteiger partial charge in [0.15, 0.2) is 0 Å². The van der Waals surface area contributed by atoms with Gasteiger partial charge in [-0.1, -0.05) is 103 Å². The summed E-state index contributed by atoms with van der Waals surface area (Å²) in [4.78, 5) is 15.1. The van der Waals surface area contributed by atoms with Gasteiger partial charge in [-0.05, 0) is 79.5 Å². The molecule has 6 heteroatoms. The topological polar surface area (TPSA) is 50.7 Å². The highest BCUT2D eigenvalue weighted by atomic mass is 32.2. The first-order valence-electron chi connectivity index (χ1n) is 15.9. The van der Waals surface area contributed by atoms with Crippen LogP contribution in [0.3, 0.4) is 0 Å². The molecule has 0 saturated carbocycles. The third-order valence-electron chi connectivity index (χ3n) is 8.83. The van der Waals surface area contributed by atoms with Crippen molar-refractivity contribution in [2.45, 2.75) is 5.37 Å². The number of rotatable bonds is 6. The molecular weight excluding hydrogens is 625 g/mol. The summed E-state index contributed by atoms with van der Waals surface area (Å²) in [6.45, 7) is 0. The van der Waals surface area contributed by atoms with Crippen LogP contribution in [0.4, 0.5) is 0 Å². The van der Waals surface area contributed by atoms with Crippen LogP contribution in [0.15, 0.2) is 157 Å². The lowest BCUT2D eigenvalue weighted by Gasteiger charge is -2.19. The van der Waals surface area contributed by atoms with Crippen LogP contribution < -0.4 is 5.32 Å². The van der Waals surface area contributed by atoms with Crippen molar-refractivity contribution in [2.75, 3.05) is 0 Å². The zero-order valence-corrected chi connectivity index (χ0v) is 27.4. The fourth-order valence-electron chi connectivity index (χ4n) is 6.72. The van der Waals surface area contributed by atoms with Gasteiger partial charge in [0.1, 0.15) is 10.4 Å². The molecule has 9 rings (SSSR count). The molecule has 4 nitrogen and oxygen atoms in total. The molecule has 0 fully saturated rings. The second kappa shape index (κ2) is 12.2. The molecule has 48 heavy (non-hydrogen) atoms. The number of nitrogens with zero attached hydrogens (tertiary/aromatic N) is 3. The van der Waals surface area contributed by atoms with E-state index < -0.39 is 0 Å². The van der Waals surface area contributed by atoms with Crippen molar-refractivity contribution < 1.29 is 0 Å². The van der Waals surface area contributed by atoms with Gasteiger partial charge in [0.05, 0.1) is 22.8 Å². The summed E-state index contributed by atoms with van der Waals surface area (Å²) >= 11 is 3.34. The van der Waals surface area contributed by atoms with Gasteiger partial charge in [0, 0.05) is 28.9 Å². The summed E-state index contributed by atoms with van der Waals surface area (Å²) in [7, 11) is 0. The quantitative estimate of drug-likeness (QED) is 0.181. The van der Waals surface area contributed by atoms with E-state index in [1.807, 2.05) is 23.8 Å². The van der Waals surface area contributed by atoms with Crippen LogP contribution in [0.5, 0.6) is 0 Å². The summed E-state index contributed by atoms with van der Waals surface area (Å²) < 4.78 is 0. The first-order chi connectivity index (χ1) is 23.8. The van der Waals surface area contributed by atoms with Crippen molar-refractivity contribution in [1.82, 2.24) is 20.3 Å². The van der Waals surface area contributed by atoms with Crippen LogP contribution in [0.25, 0.3) is 77.0 Å². The number of hydrogen-bond acceptors (Lipinski definition) is 6. The third kappa shape index (κ3) is 5.07. The second-order valence-electron chi connectivity index (χ2n) is 11.6. The van der Waals surface area contributed by atoms with E-state index in [9.17, 15) is 0 Å². The molecule has 1 atom stereocenters. The van der Waals surface area contributed by atoms with Crippen molar-refractivity contribution in [3.05, 3.63) is 162 Å². The number of fused-ring (bicyclic) bond motifs is 2. The van der Waals surface area contributed by atoms with Crippen molar-refractivity contribution in [2.24, 2.45) is 0 Å². The summed E-state index contributed by atoms with van der Waals surface area (Å²) in [5.74, 6) is 0. The number of aromatic nitrogens is 3. The molecular formula is C42H28N4S2. The normalized spacial score (nSPS) is 14.0. The molecule has 1 aliphatic rings. The van der Waals surface area contributed by atoms with E-state index >= 15 is 0 Å². The van der Waals surface area contributed by atoms with Crippen molar-refractivity contribution in [3.63, 3.8) is 0 Å². The smallest absolute Gasteiger partial charge is 0.141 e. The first-order valence-corrected chi connectivity index (χ1v) is 17.7. The second-order valence-corrected chi connectivity index (χ2v) is 13.6. The highest BCUT2D eigenvalue weighted by Gasteiger charge is 2.21. The largest absolute Gasteiger partial charge is 0.374 e. The number of benzene rings is 5. The summed E-state index contributed by atoms with van der Waals surface area (Å²) in [5, 5.41) is 13.1. The van der Waals surface area contributed by atoms with Crippen LogP contribution in [0.2, 0.25) is 0 Å². The highest BCUT2D eigenvalue weighted by molar-refractivity contribution is 8.02. The lowest BCUT2D eigenvalue weighted by molar-refractivity contribution is 0.829. The van der Waals surface area contributed by atoms with E-state index in [1.165, 1.54) is 16.7 Å². The van der Waals surface area contributed by atoms with Gasteiger partial charge in [-0.3, -0.25) is 0 Å². The molecule has 1 unspecified atom stereocenters. The van der Waals surface area contributed by atoms with Crippen LogP contribution in [0.1, 0.15) is 11.1 Å². The van der Waals surface area contributed by atoms with E-state index in [0.29, 0.717) is 0 Å². The Hall–Kier alpha value is -5.56. The maximum atomic E-state index is 5.30. The molecule has 5 aromatic carbocycles. The Morgan fingerprint density at radius 1 is 0.542 bits per heavy atom. The number of nitrogens with one attached hydrogen (secondary N) is 1. The Morgan fingerprint density at radius 2 is 1.21 bits per heavy atom. The number of thiazole rings is 1. The summed E-state index contributed by atoms with van der Waals surface area (Å²) in [6, 6.07) is 47.5. The van der Waals surface area contributed by atoms with Gasteiger partial charge in [0.25, 0.3) is 0 Å². The van der Waals surface area contributed by atoms with E-state index in [0.717, 1.165) is 66.0 Å². The molecule has 0 saturated heterocycles. The molecule has 228 valence electrons. The van der Waals surface area contributed by atoms with Gasteiger partial charge in [-0.15, -0.1) is 23.1 Å². The van der Waals surface area contributed by atoms with Gasteiger partial charge in [0.2, 0.25) is 0 Å². The molecule has 0 spiro atoms. The molecule has 1 N–H and O–H groups in total. The van der Waals surface area contributed by atoms with Crippen molar-refractivity contribution in [1.29, 1.82) is 0 Å². The monoisotopic (exact) mass is 652 g/mol. The molecule has 3 aromatic heterocycles. The molecule has 0 bridgehead atoms. The van der Waals surface area contributed by atoms with Crippen LogP contribution >= 0.6 is 23.1 Å². The average molecular weight is 653 g/mol. The van der Waals surface area contributed by atoms with E-state index in [-0.39, 0.29) is 5.37 Å². The van der Waals surface area contributed by atoms with Crippen molar-refractivity contribution >= 4 is 44.6 Å². The molecule has 8 aromatic rings. The minimum absolute atomic E-state index is 0.0906. The lowest BCUT2D eigenvalue weighted by atomic mass is 9.86. The van der Waals surface area contributed by atoms with Crippen LogP contribution in [-0.4, -0.2) is 15.0 Å². The fourth-order valence-corrected chi connectivity index (χ4v) is 8.07. The highest BCUT2D eigenvalue weighted by Crippen LogP contribution is 2.45. The number of pyridine rings is 2. The summed E-state index contributed by atoms with van der Waals surface area (Å²) in [5.41, 5.74) is 10.7. The maximum Gasteiger partial charge on any atom is 0.141 e. The molecule has 0 radical (unpaired) electrons. The van der Waals surface area contributed by atoms with Gasteiger partial charge in [-0.25, -0.2) is 15.0 Å². The Kier molecular flexibility index (Phi) is 7.30. The number of hydrogen-bond donors (Lipinski definition) is 1. The predicted octanol–water partition coefficient (Wildman–Crippen LogP) is 11.4. The van der Waals surface area contributed by atoms with Gasteiger partial charge >= 0.3 is 0 Å². The Bertz CT molecular complexity index is 2460. The third-order valence-corrected chi connectivity index (χ3v) is 10.6. The Balaban J connectivity index is 1.35. The van der Waals surface area contributed by atoms with Gasteiger partial charge in [-0.2, -0.15) is 0 Å². The van der Waals surface area contributed by atoms with Crippen LogP contribution in [-0.2, 0) is 0 Å². The molecule has 4 heterocycles. The minimum atomic E-state index is 0.0906. The average Bonchev–Trinajstić information content (AvgIpc) is 3.90. The standard InChI is InChI=1S/C42H28N4S2/c1-2-10-27(11-3-1)29-12-4-5-13-30(29)28-20-21-33-34(26-28)40(36-17-9-19-38(46-36)42-44-23-25-48-42)32-15-7-6-14-31(32)39(33)35-16-8-18-37(45-35)41-43-22-24-47-41/h1-26,42,44H. The van der Waals surface area contributed by atoms with Gasteiger partial charge < -0.3 is 5.32 Å². The molecule has 0 aliphatic carbocycles. The minimum Gasteiger partial charge on any atom is -0.374 e. The maximum absolute atomic E-state index is 5.30. The Morgan fingerprint density at radius 3 is 1.96 bits per heavy atom. The summed E-state index contributed by atoms with van der Waals surface area (Å²) in [6.07, 6.45) is 3.83. The number of thioether (sulfide) groups is 1. The lowest BCUT2D eigenvalue weighted by Crippen LogP contribution is -2.09. The zero-order chi connectivity index (χ0) is 31.9. The fraction of sp³-hybridized carbons (Fsp3) is 0.0238.